The van der Waals surface area contributed by atoms with E-state index in [1.807, 2.05) is 11.6 Å². The molecule has 92 valence electrons. The second kappa shape index (κ2) is 5.92. The largest absolute Gasteiger partial charge is 0.268 e. The molecule has 0 aromatic carbocycles. The third kappa shape index (κ3) is 2.92. The van der Waals surface area contributed by atoms with Crippen molar-refractivity contribution in [3.05, 3.63) is 16.4 Å². The molecule has 2 atom stereocenters. The van der Waals surface area contributed by atoms with Crippen molar-refractivity contribution in [2.75, 3.05) is 0 Å². The Balaban J connectivity index is 2.97. The third-order valence-corrected chi connectivity index (χ3v) is 3.86. The number of aryl methyl sites for hydroxylation is 2. The molecule has 0 aliphatic heterocycles. The van der Waals surface area contributed by atoms with Gasteiger partial charge in [0.2, 0.25) is 0 Å². The molecule has 1 rings (SSSR count). The SMILES string of the molecule is CCc1nn(CC)c(CC(C)C(C)Cl)c1Cl. The number of hydrogen-bond donors (Lipinski definition) is 0. The molecule has 0 aliphatic carbocycles. The molecule has 4 heteroatoms. The van der Waals surface area contributed by atoms with Gasteiger partial charge in [0.05, 0.1) is 16.4 Å². The Labute approximate surface area is 108 Å². The molecule has 0 aliphatic rings. The van der Waals surface area contributed by atoms with Crippen LogP contribution in [-0.2, 0) is 19.4 Å². The molecule has 0 bridgehead atoms. The Bertz CT molecular complexity index is 345. The lowest BCUT2D eigenvalue weighted by atomic mass is 10.0. The summed E-state index contributed by atoms with van der Waals surface area (Å²) in [4.78, 5) is 0. The van der Waals surface area contributed by atoms with E-state index < -0.39 is 0 Å². The molecule has 16 heavy (non-hydrogen) atoms. The van der Waals surface area contributed by atoms with Gasteiger partial charge in [0.1, 0.15) is 0 Å². The Morgan fingerprint density at radius 3 is 2.38 bits per heavy atom. The normalized spacial score (nSPS) is 15.1. The summed E-state index contributed by atoms with van der Waals surface area (Å²) >= 11 is 12.4. The van der Waals surface area contributed by atoms with Crippen LogP contribution in [-0.4, -0.2) is 15.2 Å². The zero-order valence-electron chi connectivity index (χ0n) is 10.4. The van der Waals surface area contributed by atoms with Crippen LogP contribution in [0.2, 0.25) is 5.02 Å². The highest BCUT2D eigenvalue weighted by atomic mass is 35.5. The van der Waals surface area contributed by atoms with Gasteiger partial charge >= 0.3 is 0 Å². The summed E-state index contributed by atoms with van der Waals surface area (Å²) in [5, 5.41) is 5.48. The van der Waals surface area contributed by atoms with Gasteiger partial charge in [-0.05, 0) is 32.6 Å². The average molecular weight is 263 g/mol. The van der Waals surface area contributed by atoms with Crippen molar-refractivity contribution in [3.8, 4) is 0 Å². The van der Waals surface area contributed by atoms with E-state index in [0.717, 1.165) is 35.8 Å². The van der Waals surface area contributed by atoms with Crippen molar-refractivity contribution in [3.63, 3.8) is 0 Å². The molecule has 0 fully saturated rings. The fraction of sp³-hybridized carbons (Fsp3) is 0.750. The lowest BCUT2D eigenvalue weighted by molar-refractivity contribution is 0.522. The fourth-order valence-corrected chi connectivity index (χ4v) is 2.11. The highest BCUT2D eigenvalue weighted by Gasteiger charge is 2.18. The minimum atomic E-state index is 0.154. The van der Waals surface area contributed by atoms with Crippen LogP contribution in [0.4, 0.5) is 0 Å². The number of rotatable bonds is 5. The van der Waals surface area contributed by atoms with Crippen molar-refractivity contribution in [2.24, 2.45) is 5.92 Å². The predicted molar refractivity (Wildman–Crippen MR) is 70.5 cm³/mol. The van der Waals surface area contributed by atoms with Crippen LogP contribution in [0.3, 0.4) is 0 Å². The molecule has 1 heterocycles. The third-order valence-electron chi connectivity index (χ3n) is 2.99. The molecule has 1 aromatic heterocycles. The highest BCUT2D eigenvalue weighted by Crippen LogP contribution is 2.26. The Morgan fingerprint density at radius 2 is 1.94 bits per heavy atom. The number of alkyl halides is 1. The first-order chi connectivity index (χ1) is 7.51. The monoisotopic (exact) mass is 262 g/mol. The molecule has 2 nitrogen and oxygen atoms in total. The Kier molecular flexibility index (Phi) is 5.13. The first kappa shape index (κ1) is 13.9. The lowest BCUT2D eigenvalue weighted by Gasteiger charge is -2.14. The maximum absolute atomic E-state index is 6.33. The first-order valence-electron chi connectivity index (χ1n) is 5.89. The molecule has 0 saturated carbocycles. The van der Waals surface area contributed by atoms with Crippen LogP contribution in [0.15, 0.2) is 0 Å². The van der Waals surface area contributed by atoms with Crippen LogP contribution in [0, 0.1) is 5.92 Å². The number of hydrogen-bond acceptors (Lipinski definition) is 1. The van der Waals surface area contributed by atoms with Crippen LogP contribution in [0.5, 0.6) is 0 Å². The maximum Gasteiger partial charge on any atom is 0.0849 e. The summed E-state index contributed by atoms with van der Waals surface area (Å²) < 4.78 is 2.00. The van der Waals surface area contributed by atoms with Gasteiger partial charge in [-0.25, -0.2) is 0 Å². The van der Waals surface area contributed by atoms with Gasteiger partial charge in [0.15, 0.2) is 0 Å². The molecule has 0 N–H and O–H groups in total. The molecule has 0 saturated heterocycles. The second-order valence-electron chi connectivity index (χ2n) is 4.24. The van der Waals surface area contributed by atoms with Crippen molar-refractivity contribution < 1.29 is 0 Å². The molecular weight excluding hydrogens is 243 g/mol. The molecular formula is C12H20Cl2N2. The van der Waals surface area contributed by atoms with E-state index in [9.17, 15) is 0 Å². The summed E-state index contributed by atoms with van der Waals surface area (Å²) in [6.07, 6.45) is 1.77. The van der Waals surface area contributed by atoms with Crippen LogP contribution in [0.25, 0.3) is 0 Å². The standard InChI is InChI=1S/C12H20Cl2N2/c1-5-10-12(14)11(16(6-2)15-10)7-8(3)9(4)13/h8-9H,5-7H2,1-4H3. The van der Waals surface area contributed by atoms with Crippen molar-refractivity contribution in [2.45, 2.75) is 52.5 Å². The molecule has 0 amide bonds. The van der Waals surface area contributed by atoms with E-state index in [1.54, 1.807) is 0 Å². The van der Waals surface area contributed by atoms with Gasteiger partial charge < -0.3 is 0 Å². The van der Waals surface area contributed by atoms with Gasteiger partial charge in [0, 0.05) is 11.9 Å². The maximum atomic E-state index is 6.33. The van der Waals surface area contributed by atoms with E-state index in [1.165, 1.54) is 0 Å². The summed E-state index contributed by atoms with van der Waals surface area (Å²) in [7, 11) is 0. The zero-order valence-corrected chi connectivity index (χ0v) is 11.9. The van der Waals surface area contributed by atoms with E-state index in [4.69, 9.17) is 23.2 Å². The zero-order chi connectivity index (χ0) is 12.3. The van der Waals surface area contributed by atoms with Crippen LogP contribution >= 0.6 is 23.2 Å². The first-order valence-corrected chi connectivity index (χ1v) is 6.70. The van der Waals surface area contributed by atoms with Gasteiger partial charge in [-0.3, -0.25) is 4.68 Å². The van der Waals surface area contributed by atoms with Crippen LogP contribution < -0.4 is 0 Å². The number of aromatic nitrogens is 2. The summed E-state index contributed by atoms with van der Waals surface area (Å²) in [5.74, 6) is 0.408. The Morgan fingerprint density at radius 1 is 1.31 bits per heavy atom. The molecule has 1 aromatic rings. The minimum Gasteiger partial charge on any atom is -0.268 e. The van der Waals surface area contributed by atoms with Crippen molar-refractivity contribution in [1.29, 1.82) is 0 Å². The fourth-order valence-electron chi connectivity index (χ4n) is 1.68. The van der Waals surface area contributed by atoms with Crippen molar-refractivity contribution >= 4 is 23.2 Å². The molecule has 2 unspecified atom stereocenters. The lowest BCUT2D eigenvalue weighted by Crippen LogP contribution is -2.14. The smallest absolute Gasteiger partial charge is 0.0849 e. The second-order valence-corrected chi connectivity index (χ2v) is 5.30. The van der Waals surface area contributed by atoms with E-state index >= 15 is 0 Å². The van der Waals surface area contributed by atoms with E-state index in [2.05, 4.69) is 25.9 Å². The van der Waals surface area contributed by atoms with E-state index in [-0.39, 0.29) is 5.38 Å². The summed E-state index contributed by atoms with van der Waals surface area (Å²) in [6, 6.07) is 0. The molecule has 0 radical (unpaired) electrons. The predicted octanol–water partition coefficient (Wildman–Crippen LogP) is 3.92. The molecule has 0 spiro atoms. The van der Waals surface area contributed by atoms with Gasteiger partial charge in [-0.15, -0.1) is 11.6 Å². The summed E-state index contributed by atoms with van der Waals surface area (Å²) in [5.41, 5.74) is 2.12. The average Bonchev–Trinajstić information content (AvgIpc) is 2.55. The topological polar surface area (TPSA) is 17.8 Å². The number of nitrogens with zero attached hydrogens (tertiary/aromatic N) is 2. The van der Waals surface area contributed by atoms with Gasteiger partial charge in [-0.2, -0.15) is 5.10 Å². The number of halogens is 2. The van der Waals surface area contributed by atoms with Gasteiger partial charge in [0.25, 0.3) is 0 Å². The van der Waals surface area contributed by atoms with Crippen LogP contribution in [0.1, 0.15) is 39.1 Å². The van der Waals surface area contributed by atoms with E-state index in [0.29, 0.717) is 5.92 Å². The summed E-state index contributed by atoms with van der Waals surface area (Å²) in [6.45, 7) is 9.19. The Hall–Kier alpha value is -0.210. The minimum absolute atomic E-state index is 0.154. The quantitative estimate of drug-likeness (QED) is 0.736. The van der Waals surface area contributed by atoms with Gasteiger partial charge in [-0.1, -0.05) is 25.4 Å². The van der Waals surface area contributed by atoms with Crippen molar-refractivity contribution in [1.82, 2.24) is 9.78 Å². The highest BCUT2D eigenvalue weighted by molar-refractivity contribution is 6.31.